The van der Waals surface area contributed by atoms with Crippen molar-refractivity contribution in [1.29, 1.82) is 0 Å². The van der Waals surface area contributed by atoms with Crippen molar-refractivity contribution in [2.45, 2.75) is 39.3 Å². The van der Waals surface area contributed by atoms with Crippen LogP contribution in [0.4, 0.5) is 4.79 Å². The van der Waals surface area contributed by atoms with Gasteiger partial charge in [0.1, 0.15) is 5.60 Å². The molecule has 1 rings (SSSR count). The van der Waals surface area contributed by atoms with Gasteiger partial charge in [0.15, 0.2) is 6.04 Å². The number of aryl methyl sites for hydroxylation is 1. The van der Waals surface area contributed by atoms with Gasteiger partial charge in [0.05, 0.1) is 10.7 Å². The maximum Gasteiger partial charge on any atom is 0.411 e. The first kappa shape index (κ1) is 15.4. The summed E-state index contributed by atoms with van der Waals surface area (Å²) in [7, 11) is 1.39. The molecule has 106 valence electrons. The fourth-order valence-electron chi connectivity index (χ4n) is 1.44. The average molecular weight is 286 g/mol. The average Bonchev–Trinajstić information content (AvgIpc) is 2.61. The molecule has 1 aromatic rings. The normalized spacial score (nSPS) is 12.9. The number of carboxylic acids is 1. The van der Waals surface area contributed by atoms with Gasteiger partial charge in [-0.15, -0.1) is 11.3 Å². The SMILES string of the molecule is Cc1nc(C(C(=O)O)N(C)C(=O)OC(C)(C)C)cs1. The molecule has 1 unspecified atom stereocenters. The number of amides is 1. The van der Waals surface area contributed by atoms with Crippen molar-refractivity contribution in [2.75, 3.05) is 7.05 Å². The minimum absolute atomic E-state index is 0.336. The number of likely N-dealkylation sites (N-methyl/N-ethyl adjacent to an activating group) is 1. The van der Waals surface area contributed by atoms with Crippen molar-refractivity contribution in [3.8, 4) is 0 Å². The van der Waals surface area contributed by atoms with E-state index >= 15 is 0 Å². The fourth-order valence-corrected chi connectivity index (χ4v) is 2.07. The van der Waals surface area contributed by atoms with Crippen LogP contribution in [0.5, 0.6) is 0 Å². The predicted molar refractivity (Wildman–Crippen MR) is 71.2 cm³/mol. The first-order valence-electron chi connectivity index (χ1n) is 5.72. The summed E-state index contributed by atoms with van der Waals surface area (Å²) in [6, 6.07) is -1.14. The number of rotatable bonds is 3. The highest BCUT2D eigenvalue weighted by Crippen LogP contribution is 2.23. The summed E-state index contributed by atoms with van der Waals surface area (Å²) in [5, 5.41) is 11.7. The Bertz CT molecular complexity index is 478. The zero-order valence-electron chi connectivity index (χ0n) is 11.6. The Morgan fingerprint density at radius 2 is 2.05 bits per heavy atom. The monoisotopic (exact) mass is 286 g/mol. The predicted octanol–water partition coefficient (Wildman–Crippen LogP) is 2.44. The highest BCUT2D eigenvalue weighted by molar-refractivity contribution is 7.09. The Labute approximate surface area is 116 Å². The van der Waals surface area contributed by atoms with Crippen LogP contribution in [0.2, 0.25) is 0 Å². The van der Waals surface area contributed by atoms with E-state index in [1.54, 1.807) is 33.1 Å². The van der Waals surface area contributed by atoms with Gasteiger partial charge in [-0.2, -0.15) is 0 Å². The summed E-state index contributed by atoms with van der Waals surface area (Å²) in [5.74, 6) is -1.14. The molecule has 1 N–H and O–H groups in total. The molecule has 1 amide bonds. The standard InChI is InChI=1S/C12H18N2O4S/c1-7-13-8(6-19-7)9(10(15)16)14(5)11(17)18-12(2,3)4/h6,9H,1-5H3,(H,15,16). The number of aromatic nitrogens is 1. The van der Waals surface area contributed by atoms with E-state index in [0.717, 1.165) is 9.91 Å². The lowest BCUT2D eigenvalue weighted by Gasteiger charge is -2.27. The van der Waals surface area contributed by atoms with Gasteiger partial charge in [-0.3, -0.25) is 4.90 Å². The van der Waals surface area contributed by atoms with E-state index < -0.39 is 23.7 Å². The molecule has 0 aliphatic rings. The summed E-state index contributed by atoms with van der Waals surface area (Å²) in [6.45, 7) is 6.95. The number of carboxylic acid groups (broad SMARTS) is 1. The molecule has 0 spiro atoms. The maximum atomic E-state index is 11.9. The van der Waals surface area contributed by atoms with Crippen LogP contribution < -0.4 is 0 Å². The highest BCUT2D eigenvalue weighted by Gasteiger charge is 2.32. The van der Waals surface area contributed by atoms with Crippen LogP contribution in [-0.4, -0.2) is 39.7 Å². The zero-order valence-corrected chi connectivity index (χ0v) is 12.4. The third-order valence-electron chi connectivity index (χ3n) is 2.22. The Kier molecular flexibility index (Phi) is 4.52. The number of nitrogens with zero attached hydrogens (tertiary/aromatic N) is 2. The molecule has 0 aliphatic heterocycles. The van der Waals surface area contributed by atoms with Gasteiger partial charge in [0, 0.05) is 12.4 Å². The van der Waals surface area contributed by atoms with Crippen LogP contribution in [-0.2, 0) is 9.53 Å². The summed E-state index contributed by atoms with van der Waals surface area (Å²) in [4.78, 5) is 28.4. The smallest absolute Gasteiger partial charge is 0.411 e. The highest BCUT2D eigenvalue weighted by atomic mass is 32.1. The minimum atomic E-state index is -1.14. The van der Waals surface area contributed by atoms with Crippen LogP contribution in [0, 0.1) is 6.92 Å². The van der Waals surface area contributed by atoms with Crippen molar-refractivity contribution in [1.82, 2.24) is 9.88 Å². The topological polar surface area (TPSA) is 79.7 Å². The van der Waals surface area contributed by atoms with E-state index in [4.69, 9.17) is 4.74 Å². The Hall–Kier alpha value is -1.63. The van der Waals surface area contributed by atoms with Crippen LogP contribution in [0.3, 0.4) is 0 Å². The molecule has 0 aliphatic carbocycles. The van der Waals surface area contributed by atoms with Crippen molar-refractivity contribution in [2.24, 2.45) is 0 Å². The number of aliphatic carboxylic acids is 1. The van der Waals surface area contributed by atoms with Crippen molar-refractivity contribution in [3.63, 3.8) is 0 Å². The molecular formula is C12H18N2O4S. The van der Waals surface area contributed by atoms with Crippen LogP contribution in [0.15, 0.2) is 5.38 Å². The number of ether oxygens (including phenoxy) is 1. The molecule has 0 saturated carbocycles. The van der Waals surface area contributed by atoms with Gasteiger partial charge in [-0.1, -0.05) is 0 Å². The lowest BCUT2D eigenvalue weighted by Crippen LogP contribution is -2.39. The summed E-state index contributed by atoms with van der Waals surface area (Å²) < 4.78 is 5.16. The number of hydrogen-bond acceptors (Lipinski definition) is 5. The van der Waals surface area contributed by atoms with Crippen LogP contribution in [0.1, 0.15) is 37.5 Å². The summed E-state index contributed by atoms with van der Waals surface area (Å²) in [6.07, 6.45) is -0.689. The van der Waals surface area contributed by atoms with E-state index in [1.807, 2.05) is 0 Å². The number of carbonyl (C=O) groups is 2. The molecule has 0 radical (unpaired) electrons. The summed E-state index contributed by atoms with van der Waals surface area (Å²) >= 11 is 1.34. The van der Waals surface area contributed by atoms with E-state index in [1.165, 1.54) is 18.4 Å². The molecule has 1 aromatic heterocycles. The first-order chi connectivity index (χ1) is 8.61. The largest absolute Gasteiger partial charge is 0.479 e. The Morgan fingerprint density at radius 1 is 1.47 bits per heavy atom. The third kappa shape index (κ3) is 4.20. The van der Waals surface area contributed by atoms with E-state index in [2.05, 4.69) is 4.98 Å². The number of thiazole rings is 1. The van der Waals surface area contributed by atoms with Gasteiger partial charge in [0.2, 0.25) is 0 Å². The van der Waals surface area contributed by atoms with Gasteiger partial charge >= 0.3 is 12.1 Å². The Morgan fingerprint density at radius 3 is 2.42 bits per heavy atom. The molecule has 19 heavy (non-hydrogen) atoms. The Balaban J connectivity index is 2.94. The first-order valence-corrected chi connectivity index (χ1v) is 6.60. The van der Waals surface area contributed by atoms with Crippen molar-refractivity contribution >= 4 is 23.4 Å². The molecule has 1 atom stereocenters. The van der Waals surface area contributed by atoms with Crippen molar-refractivity contribution < 1.29 is 19.4 Å². The van der Waals surface area contributed by atoms with E-state index in [9.17, 15) is 14.7 Å². The van der Waals surface area contributed by atoms with Gasteiger partial charge in [-0.25, -0.2) is 14.6 Å². The zero-order chi connectivity index (χ0) is 14.8. The minimum Gasteiger partial charge on any atom is -0.479 e. The molecule has 0 aromatic carbocycles. The van der Waals surface area contributed by atoms with Gasteiger partial charge in [0.25, 0.3) is 0 Å². The second-order valence-corrected chi connectivity index (χ2v) is 6.19. The fraction of sp³-hybridized carbons (Fsp3) is 0.583. The van der Waals surface area contributed by atoms with Crippen LogP contribution >= 0.6 is 11.3 Å². The maximum absolute atomic E-state index is 11.9. The molecule has 1 heterocycles. The van der Waals surface area contributed by atoms with Crippen LogP contribution in [0.25, 0.3) is 0 Å². The molecule has 7 heteroatoms. The molecular weight excluding hydrogens is 268 g/mol. The molecule has 6 nitrogen and oxygen atoms in total. The number of hydrogen-bond donors (Lipinski definition) is 1. The van der Waals surface area contributed by atoms with E-state index in [-0.39, 0.29) is 0 Å². The summed E-state index contributed by atoms with van der Waals surface area (Å²) in [5.41, 5.74) is -0.338. The van der Waals surface area contributed by atoms with Crippen molar-refractivity contribution in [3.05, 3.63) is 16.1 Å². The lowest BCUT2D eigenvalue weighted by atomic mass is 10.2. The van der Waals surface area contributed by atoms with Gasteiger partial charge < -0.3 is 9.84 Å². The second-order valence-electron chi connectivity index (χ2n) is 5.12. The molecule has 0 bridgehead atoms. The molecule has 0 saturated heterocycles. The molecule has 0 fully saturated rings. The quantitative estimate of drug-likeness (QED) is 0.923. The lowest BCUT2D eigenvalue weighted by molar-refractivity contribution is -0.143. The second kappa shape index (κ2) is 5.56. The third-order valence-corrected chi connectivity index (χ3v) is 3.01. The van der Waals surface area contributed by atoms with Gasteiger partial charge in [-0.05, 0) is 27.7 Å². The number of carbonyl (C=O) groups excluding carboxylic acids is 1. The van der Waals surface area contributed by atoms with E-state index in [0.29, 0.717) is 5.69 Å².